The van der Waals surface area contributed by atoms with Crippen molar-refractivity contribution < 1.29 is 9.21 Å². The molecule has 1 amide bonds. The number of hydrazine groups is 1. The molecule has 0 fully saturated rings. The molecular weight excluding hydrogens is 254 g/mol. The molecule has 4 rings (SSSR count). The number of carbonyl (C=O) groups excluding carboxylic acids is 1. The summed E-state index contributed by atoms with van der Waals surface area (Å²) in [5, 5.41) is 2.97. The second-order valence-corrected chi connectivity index (χ2v) is 4.66. The fourth-order valence-electron chi connectivity index (χ4n) is 2.59. The molecule has 0 bridgehead atoms. The Balaban J connectivity index is 2.12. The van der Waals surface area contributed by atoms with Crippen molar-refractivity contribution in [2.45, 2.75) is 0 Å². The summed E-state index contributed by atoms with van der Waals surface area (Å²) in [5.41, 5.74) is 4.98. The number of amides is 1. The van der Waals surface area contributed by atoms with Gasteiger partial charge in [0.2, 0.25) is 0 Å². The lowest BCUT2D eigenvalue weighted by molar-refractivity contribution is 0.0949. The molecule has 0 aliphatic carbocycles. The highest BCUT2D eigenvalue weighted by Gasteiger charge is 2.14. The highest BCUT2D eigenvalue weighted by Crippen LogP contribution is 2.33. The molecule has 20 heavy (non-hydrogen) atoms. The number of benzene rings is 2. The number of rotatable bonds is 1. The van der Waals surface area contributed by atoms with Crippen LogP contribution in [0.2, 0.25) is 0 Å². The number of nitrogens with two attached hydrogens (primary N) is 1. The van der Waals surface area contributed by atoms with Gasteiger partial charge in [-0.2, -0.15) is 0 Å². The van der Waals surface area contributed by atoms with E-state index in [1.54, 1.807) is 6.07 Å². The van der Waals surface area contributed by atoms with Crippen molar-refractivity contribution in [3.8, 4) is 0 Å². The number of nitrogens with one attached hydrogen (secondary N) is 2. The van der Waals surface area contributed by atoms with Gasteiger partial charge in [0, 0.05) is 21.7 Å². The highest BCUT2D eigenvalue weighted by molar-refractivity contribution is 6.15. The van der Waals surface area contributed by atoms with E-state index >= 15 is 0 Å². The highest BCUT2D eigenvalue weighted by atomic mass is 16.3. The molecule has 0 unspecified atom stereocenters. The minimum Gasteiger partial charge on any atom is -0.455 e. The fourth-order valence-corrected chi connectivity index (χ4v) is 2.59. The van der Waals surface area contributed by atoms with E-state index in [9.17, 15) is 4.79 Å². The average molecular weight is 265 g/mol. The Kier molecular flexibility index (Phi) is 2.13. The molecule has 0 aliphatic rings. The van der Waals surface area contributed by atoms with Crippen molar-refractivity contribution in [1.82, 2.24) is 10.4 Å². The third-order valence-corrected chi connectivity index (χ3v) is 3.52. The van der Waals surface area contributed by atoms with Gasteiger partial charge in [-0.1, -0.05) is 18.2 Å². The van der Waals surface area contributed by atoms with Crippen LogP contribution in [0.5, 0.6) is 0 Å². The lowest BCUT2D eigenvalue weighted by atomic mass is 10.1. The van der Waals surface area contributed by atoms with Crippen LogP contribution in [0.1, 0.15) is 10.5 Å². The summed E-state index contributed by atoms with van der Waals surface area (Å²) >= 11 is 0. The summed E-state index contributed by atoms with van der Waals surface area (Å²) in [6, 6.07) is 13.5. The third kappa shape index (κ3) is 1.38. The van der Waals surface area contributed by atoms with Crippen molar-refractivity contribution in [1.29, 1.82) is 0 Å². The number of aromatic amines is 1. The van der Waals surface area contributed by atoms with E-state index in [0.29, 0.717) is 5.69 Å². The van der Waals surface area contributed by atoms with E-state index in [4.69, 9.17) is 10.3 Å². The Morgan fingerprint density at radius 1 is 1.10 bits per heavy atom. The van der Waals surface area contributed by atoms with Gasteiger partial charge in [-0.15, -0.1) is 0 Å². The van der Waals surface area contributed by atoms with Crippen molar-refractivity contribution >= 4 is 38.7 Å². The van der Waals surface area contributed by atoms with Crippen LogP contribution in [0.4, 0.5) is 0 Å². The predicted molar refractivity (Wildman–Crippen MR) is 77.2 cm³/mol. The summed E-state index contributed by atoms with van der Waals surface area (Å²) in [6.07, 6.45) is 0. The largest absolute Gasteiger partial charge is 0.455 e. The molecule has 0 saturated carbocycles. The zero-order valence-electron chi connectivity index (χ0n) is 10.4. The third-order valence-electron chi connectivity index (χ3n) is 3.52. The van der Waals surface area contributed by atoms with Crippen molar-refractivity contribution in [3.63, 3.8) is 0 Å². The first kappa shape index (κ1) is 11.1. The van der Waals surface area contributed by atoms with Gasteiger partial charge in [0.15, 0.2) is 0 Å². The summed E-state index contributed by atoms with van der Waals surface area (Å²) in [6.45, 7) is 0. The van der Waals surface area contributed by atoms with E-state index < -0.39 is 0 Å². The molecule has 0 spiro atoms. The SMILES string of the molecule is NNC(=O)c1cc2c(ccc3c4ccccc4oc23)[nH]1. The lowest BCUT2D eigenvalue weighted by Crippen LogP contribution is -2.30. The number of hydrogen-bond donors (Lipinski definition) is 3. The molecule has 4 N–H and O–H groups in total. The van der Waals surface area contributed by atoms with Gasteiger partial charge in [-0.3, -0.25) is 10.2 Å². The van der Waals surface area contributed by atoms with Gasteiger partial charge in [-0.25, -0.2) is 5.84 Å². The van der Waals surface area contributed by atoms with Crippen LogP contribution >= 0.6 is 0 Å². The molecule has 0 radical (unpaired) electrons. The molecule has 5 nitrogen and oxygen atoms in total. The Morgan fingerprint density at radius 2 is 1.95 bits per heavy atom. The van der Waals surface area contributed by atoms with E-state index in [-0.39, 0.29) is 5.91 Å². The first-order valence-electron chi connectivity index (χ1n) is 6.22. The number of H-pyrrole nitrogens is 1. The van der Waals surface area contributed by atoms with Gasteiger partial charge in [-0.05, 0) is 24.3 Å². The van der Waals surface area contributed by atoms with Crippen LogP contribution in [-0.2, 0) is 0 Å². The van der Waals surface area contributed by atoms with E-state index in [0.717, 1.165) is 32.8 Å². The van der Waals surface area contributed by atoms with Crippen molar-refractivity contribution in [2.75, 3.05) is 0 Å². The van der Waals surface area contributed by atoms with Crippen LogP contribution in [0.25, 0.3) is 32.8 Å². The van der Waals surface area contributed by atoms with E-state index in [2.05, 4.69) is 10.4 Å². The number of aromatic nitrogens is 1. The van der Waals surface area contributed by atoms with Crippen molar-refractivity contribution in [2.24, 2.45) is 5.84 Å². The topological polar surface area (TPSA) is 84.0 Å². The van der Waals surface area contributed by atoms with Gasteiger partial charge in [0.1, 0.15) is 16.9 Å². The Hall–Kier alpha value is -2.79. The maximum atomic E-state index is 11.6. The monoisotopic (exact) mass is 265 g/mol. The normalized spacial score (nSPS) is 11.4. The van der Waals surface area contributed by atoms with Crippen LogP contribution in [-0.4, -0.2) is 10.9 Å². The summed E-state index contributed by atoms with van der Waals surface area (Å²) < 4.78 is 5.91. The van der Waals surface area contributed by atoms with E-state index in [1.807, 2.05) is 36.4 Å². The predicted octanol–water partition coefficient (Wildman–Crippen LogP) is 2.67. The smallest absolute Gasteiger partial charge is 0.281 e. The van der Waals surface area contributed by atoms with Crippen LogP contribution in [0.3, 0.4) is 0 Å². The second kappa shape index (κ2) is 3.85. The molecule has 2 heterocycles. The number of carbonyl (C=O) groups is 1. The van der Waals surface area contributed by atoms with Crippen molar-refractivity contribution in [3.05, 3.63) is 48.2 Å². The van der Waals surface area contributed by atoms with Gasteiger partial charge in [0.25, 0.3) is 5.91 Å². The number of furan rings is 1. The maximum absolute atomic E-state index is 11.6. The van der Waals surface area contributed by atoms with Crippen LogP contribution in [0.15, 0.2) is 46.9 Å². The summed E-state index contributed by atoms with van der Waals surface area (Å²) in [5.74, 6) is 4.80. The molecule has 2 aromatic heterocycles. The number of hydrogen-bond acceptors (Lipinski definition) is 3. The first-order valence-corrected chi connectivity index (χ1v) is 6.22. The van der Waals surface area contributed by atoms with E-state index in [1.165, 1.54) is 0 Å². The van der Waals surface area contributed by atoms with Crippen LogP contribution in [0, 0.1) is 0 Å². The molecular formula is C15H11N3O2. The Bertz CT molecular complexity index is 965. The Morgan fingerprint density at radius 3 is 2.80 bits per heavy atom. The van der Waals surface area contributed by atoms with Gasteiger partial charge >= 0.3 is 0 Å². The fraction of sp³-hybridized carbons (Fsp3) is 0. The number of nitrogen functional groups attached to an aromatic ring is 1. The first-order chi connectivity index (χ1) is 9.78. The van der Waals surface area contributed by atoms with Gasteiger partial charge in [0.05, 0.1) is 0 Å². The minimum atomic E-state index is -0.356. The average Bonchev–Trinajstić information content (AvgIpc) is 3.07. The molecule has 0 saturated heterocycles. The summed E-state index contributed by atoms with van der Waals surface area (Å²) in [4.78, 5) is 14.6. The zero-order valence-corrected chi connectivity index (χ0v) is 10.4. The number of para-hydroxylation sites is 1. The lowest BCUT2D eigenvalue weighted by Gasteiger charge is -1.92. The summed E-state index contributed by atoms with van der Waals surface area (Å²) in [7, 11) is 0. The second-order valence-electron chi connectivity index (χ2n) is 4.66. The maximum Gasteiger partial charge on any atom is 0.281 e. The zero-order chi connectivity index (χ0) is 13.7. The number of fused-ring (bicyclic) bond motifs is 5. The molecule has 2 aromatic carbocycles. The van der Waals surface area contributed by atoms with Crippen LogP contribution < -0.4 is 11.3 Å². The molecule has 0 atom stereocenters. The molecule has 98 valence electrons. The Labute approximate surface area is 113 Å². The standard InChI is InChI=1S/C15H11N3O2/c16-18-15(19)12-7-10-11(17-12)6-5-9-8-3-1-2-4-13(8)20-14(9)10/h1-7,17H,16H2,(H,18,19). The minimum absolute atomic E-state index is 0.356. The molecule has 5 heteroatoms. The molecule has 4 aromatic rings. The van der Waals surface area contributed by atoms with Gasteiger partial charge < -0.3 is 9.40 Å². The molecule has 0 aliphatic heterocycles. The quantitative estimate of drug-likeness (QED) is 0.281.